The summed E-state index contributed by atoms with van der Waals surface area (Å²) < 4.78 is 26.0. The molecule has 0 atom stereocenters. The van der Waals surface area contributed by atoms with Gasteiger partial charge in [0.1, 0.15) is 5.82 Å². The van der Waals surface area contributed by atoms with Gasteiger partial charge in [0.05, 0.1) is 4.90 Å². The van der Waals surface area contributed by atoms with Crippen LogP contribution in [-0.2, 0) is 10.0 Å². The van der Waals surface area contributed by atoms with Gasteiger partial charge in [0.25, 0.3) is 10.0 Å². The molecule has 0 aliphatic rings. The van der Waals surface area contributed by atoms with Crippen molar-refractivity contribution in [1.82, 2.24) is 4.98 Å². The van der Waals surface area contributed by atoms with Crippen molar-refractivity contribution in [1.29, 1.82) is 0 Å². The molecule has 2 aromatic rings. The predicted octanol–water partition coefficient (Wildman–Crippen LogP) is 1.80. The monoisotopic (exact) mass is 277 g/mol. The topological polar surface area (TPSA) is 76.3 Å². The third-order valence-electron chi connectivity index (χ3n) is 2.88. The lowest BCUT2D eigenvalue weighted by atomic mass is 10.2. The van der Waals surface area contributed by atoms with E-state index < -0.39 is 10.0 Å². The first-order valence-corrected chi connectivity index (χ1v) is 7.13. The first kappa shape index (κ1) is 13.4. The SMILES string of the molecule is Cc1ccc(S(=O)(=O)N(C)c2ccccn2)cc1N. The van der Waals surface area contributed by atoms with Crippen LogP contribution < -0.4 is 10.0 Å². The van der Waals surface area contributed by atoms with Crippen LogP contribution in [0, 0.1) is 6.92 Å². The standard InChI is InChI=1S/C13H15N3O2S/c1-10-6-7-11(9-12(10)14)19(17,18)16(2)13-5-3-4-8-15-13/h3-9H,14H2,1-2H3. The minimum Gasteiger partial charge on any atom is -0.398 e. The number of nitrogens with two attached hydrogens (primary N) is 1. The second-order valence-electron chi connectivity index (χ2n) is 4.18. The van der Waals surface area contributed by atoms with Crippen LogP contribution in [-0.4, -0.2) is 20.4 Å². The normalized spacial score (nSPS) is 11.3. The maximum Gasteiger partial charge on any atom is 0.265 e. The number of anilines is 2. The van der Waals surface area contributed by atoms with Crippen molar-refractivity contribution in [3.05, 3.63) is 48.2 Å². The van der Waals surface area contributed by atoms with E-state index in [2.05, 4.69) is 4.98 Å². The Balaban J connectivity index is 2.45. The Morgan fingerprint density at radius 3 is 2.53 bits per heavy atom. The third kappa shape index (κ3) is 2.53. The highest BCUT2D eigenvalue weighted by Crippen LogP contribution is 2.22. The molecule has 2 N–H and O–H groups in total. The zero-order valence-electron chi connectivity index (χ0n) is 10.7. The Kier molecular flexibility index (Phi) is 3.44. The molecular formula is C13H15N3O2S. The molecule has 5 nitrogen and oxygen atoms in total. The highest BCUT2D eigenvalue weighted by Gasteiger charge is 2.22. The Labute approximate surface area is 112 Å². The number of pyridine rings is 1. The fraction of sp³-hybridized carbons (Fsp3) is 0.154. The molecule has 1 aromatic heterocycles. The molecular weight excluding hydrogens is 262 g/mol. The zero-order valence-corrected chi connectivity index (χ0v) is 11.6. The molecule has 0 fully saturated rings. The van der Waals surface area contributed by atoms with Gasteiger partial charge < -0.3 is 5.73 Å². The number of benzene rings is 1. The van der Waals surface area contributed by atoms with E-state index in [0.29, 0.717) is 11.5 Å². The second kappa shape index (κ2) is 4.89. The predicted molar refractivity (Wildman–Crippen MR) is 75.4 cm³/mol. The molecule has 0 aliphatic carbocycles. The van der Waals surface area contributed by atoms with Crippen molar-refractivity contribution in [2.24, 2.45) is 0 Å². The molecule has 0 bridgehead atoms. The van der Waals surface area contributed by atoms with Gasteiger partial charge in [0.15, 0.2) is 0 Å². The molecule has 1 heterocycles. The van der Waals surface area contributed by atoms with E-state index in [9.17, 15) is 8.42 Å². The average molecular weight is 277 g/mol. The van der Waals surface area contributed by atoms with Gasteiger partial charge >= 0.3 is 0 Å². The largest absolute Gasteiger partial charge is 0.398 e. The van der Waals surface area contributed by atoms with E-state index in [0.717, 1.165) is 9.87 Å². The summed E-state index contributed by atoms with van der Waals surface area (Å²) in [5.41, 5.74) is 7.06. The lowest BCUT2D eigenvalue weighted by Gasteiger charge is -2.18. The quantitative estimate of drug-likeness (QED) is 0.868. The molecule has 0 spiro atoms. The number of aromatic nitrogens is 1. The minimum atomic E-state index is -3.64. The molecule has 19 heavy (non-hydrogen) atoms. The van der Waals surface area contributed by atoms with E-state index in [4.69, 9.17) is 5.73 Å². The van der Waals surface area contributed by atoms with Gasteiger partial charge in [0, 0.05) is 18.9 Å². The van der Waals surface area contributed by atoms with Crippen molar-refractivity contribution in [2.45, 2.75) is 11.8 Å². The van der Waals surface area contributed by atoms with Crippen molar-refractivity contribution in [2.75, 3.05) is 17.1 Å². The van der Waals surface area contributed by atoms with E-state index in [1.165, 1.54) is 13.1 Å². The number of hydrogen-bond donors (Lipinski definition) is 1. The highest BCUT2D eigenvalue weighted by molar-refractivity contribution is 7.92. The highest BCUT2D eigenvalue weighted by atomic mass is 32.2. The molecule has 0 aliphatic heterocycles. The molecule has 6 heteroatoms. The van der Waals surface area contributed by atoms with Gasteiger partial charge in [-0.25, -0.2) is 13.4 Å². The molecule has 0 saturated heterocycles. The molecule has 0 unspecified atom stereocenters. The third-order valence-corrected chi connectivity index (χ3v) is 4.64. The molecule has 1 aromatic carbocycles. The number of sulfonamides is 1. The number of nitrogens with zero attached hydrogens (tertiary/aromatic N) is 2. The van der Waals surface area contributed by atoms with Gasteiger partial charge in [0.2, 0.25) is 0 Å². The fourth-order valence-electron chi connectivity index (χ4n) is 1.60. The van der Waals surface area contributed by atoms with E-state index in [1.807, 2.05) is 6.92 Å². The molecule has 0 saturated carbocycles. The number of rotatable bonds is 3. The lowest BCUT2D eigenvalue weighted by molar-refractivity contribution is 0.594. The first-order chi connectivity index (χ1) is 8.93. The Bertz CT molecular complexity index is 684. The number of nitrogen functional groups attached to an aromatic ring is 1. The Hall–Kier alpha value is -2.08. The van der Waals surface area contributed by atoms with E-state index in [-0.39, 0.29) is 4.90 Å². The summed E-state index contributed by atoms with van der Waals surface area (Å²) >= 11 is 0. The summed E-state index contributed by atoms with van der Waals surface area (Å²) in [6, 6.07) is 9.79. The van der Waals surface area contributed by atoms with Crippen LogP contribution in [0.1, 0.15) is 5.56 Å². The summed E-state index contributed by atoms with van der Waals surface area (Å²) in [4.78, 5) is 4.18. The summed E-state index contributed by atoms with van der Waals surface area (Å²) in [5, 5.41) is 0. The summed E-state index contributed by atoms with van der Waals surface area (Å²) in [6.07, 6.45) is 1.55. The maximum atomic E-state index is 12.4. The van der Waals surface area contributed by atoms with Crippen molar-refractivity contribution in [3.8, 4) is 0 Å². The van der Waals surface area contributed by atoms with Crippen LogP contribution in [0.25, 0.3) is 0 Å². The van der Waals surface area contributed by atoms with Crippen LogP contribution in [0.2, 0.25) is 0 Å². The average Bonchev–Trinajstić information content (AvgIpc) is 2.41. The van der Waals surface area contributed by atoms with Crippen LogP contribution in [0.3, 0.4) is 0 Å². The summed E-state index contributed by atoms with van der Waals surface area (Å²) in [5.74, 6) is 0.363. The first-order valence-electron chi connectivity index (χ1n) is 5.69. The maximum absolute atomic E-state index is 12.4. The number of aryl methyl sites for hydroxylation is 1. The van der Waals surface area contributed by atoms with Gasteiger partial charge in [-0.15, -0.1) is 0 Å². The Morgan fingerprint density at radius 2 is 1.95 bits per heavy atom. The molecule has 0 amide bonds. The van der Waals surface area contributed by atoms with E-state index in [1.54, 1.807) is 36.5 Å². The van der Waals surface area contributed by atoms with Crippen LogP contribution >= 0.6 is 0 Å². The lowest BCUT2D eigenvalue weighted by Crippen LogP contribution is -2.27. The fourth-order valence-corrected chi connectivity index (χ4v) is 2.79. The van der Waals surface area contributed by atoms with Gasteiger partial charge in [-0.3, -0.25) is 4.31 Å². The molecule has 100 valence electrons. The van der Waals surface area contributed by atoms with Crippen molar-refractivity contribution >= 4 is 21.5 Å². The smallest absolute Gasteiger partial charge is 0.265 e. The Morgan fingerprint density at radius 1 is 1.21 bits per heavy atom. The van der Waals surface area contributed by atoms with E-state index >= 15 is 0 Å². The van der Waals surface area contributed by atoms with Gasteiger partial charge in [-0.1, -0.05) is 12.1 Å². The molecule has 2 rings (SSSR count). The number of hydrogen-bond acceptors (Lipinski definition) is 4. The van der Waals surface area contributed by atoms with Crippen LogP contribution in [0.4, 0.5) is 11.5 Å². The van der Waals surface area contributed by atoms with Gasteiger partial charge in [-0.05, 0) is 36.8 Å². The van der Waals surface area contributed by atoms with Gasteiger partial charge in [-0.2, -0.15) is 0 Å². The van der Waals surface area contributed by atoms with Crippen molar-refractivity contribution in [3.63, 3.8) is 0 Å². The second-order valence-corrected chi connectivity index (χ2v) is 6.15. The van der Waals surface area contributed by atoms with Crippen LogP contribution in [0.5, 0.6) is 0 Å². The zero-order chi connectivity index (χ0) is 14.0. The minimum absolute atomic E-state index is 0.156. The molecule has 0 radical (unpaired) electrons. The van der Waals surface area contributed by atoms with Crippen molar-refractivity contribution < 1.29 is 8.42 Å². The summed E-state index contributed by atoms with van der Waals surface area (Å²) in [6.45, 7) is 1.83. The summed E-state index contributed by atoms with van der Waals surface area (Å²) in [7, 11) is -2.17. The van der Waals surface area contributed by atoms with Crippen LogP contribution in [0.15, 0.2) is 47.5 Å².